The Bertz CT molecular complexity index is 1530. The van der Waals surface area contributed by atoms with Crippen molar-refractivity contribution in [2.75, 3.05) is 20.3 Å². The summed E-state index contributed by atoms with van der Waals surface area (Å²) < 4.78 is 44.5. The fraction of sp³-hybridized carbons (Fsp3) is 0.318. The van der Waals surface area contributed by atoms with Gasteiger partial charge in [0.25, 0.3) is 5.56 Å². The van der Waals surface area contributed by atoms with Gasteiger partial charge in [-0.25, -0.2) is 4.98 Å². The standard InChI is InChI=1S/C22H22N4O3.H2O4S/c1-12-9-23-22(28-3)13(2)19(12)14-4-5-16-18(8-14)25-21(27)17-10-24-26(20(16)17)15-6-7-29-11-15;1-5(2,3)4/h4-5,8-10,15H,6-7,11H2,1-3H3,(H,25,27);(H2,1,2,3,4)/t15-;/m0./s1. The van der Waals surface area contributed by atoms with Crippen LogP contribution >= 0.6 is 0 Å². The van der Waals surface area contributed by atoms with E-state index in [0.29, 0.717) is 17.9 Å². The summed E-state index contributed by atoms with van der Waals surface area (Å²) in [6.45, 7) is 5.37. The van der Waals surface area contributed by atoms with Crippen molar-refractivity contribution in [2.45, 2.75) is 26.3 Å². The molecule has 5 rings (SSSR count). The Morgan fingerprint density at radius 3 is 2.59 bits per heavy atom. The van der Waals surface area contributed by atoms with Crippen LogP contribution in [-0.4, -0.2) is 57.6 Å². The van der Waals surface area contributed by atoms with Gasteiger partial charge in [0.1, 0.15) is 0 Å². The lowest BCUT2D eigenvalue weighted by Gasteiger charge is -2.14. The molecule has 0 radical (unpaired) electrons. The van der Waals surface area contributed by atoms with Crippen LogP contribution in [0.4, 0.5) is 0 Å². The number of aromatic nitrogens is 4. The molecule has 0 amide bonds. The van der Waals surface area contributed by atoms with E-state index in [4.69, 9.17) is 27.0 Å². The Hall–Kier alpha value is -3.32. The molecule has 180 valence electrons. The Labute approximate surface area is 194 Å². The number of pyridine rings is 2. The van der Waals surface area contributed by atoms with Gasteiger partial charge in [-0.15, -0.1) is 0 Å². The van der Waals surface area contributed by atoms with E-state index in [1.807, 2.05) is 30.8 Å². The van der Waals surface area contributed by atoms with Crippen molar-refractivity contribution in [3.05, 3.63) is 52.1 Å². The highest BCUT2D eigenvalue weighted by Crippen LogP contribution is 2.34. The normalized spacial score (nSPS) is 16.0. The predicted molar refractivity (Wildman–Crippen MR) is 126 cm³/mol. The highest BCUT2D eigenvalue weighted by atomic mass is 32.3. The van der Waals surface area contributed by atoms with Crippen LogP contribution in [0.25, 0.3) is 32.9 Å². The second-order valence-corrected chi connectivity index (χ2v) is 8.88. The van der Waals surface area contributed by atoms with Crippen molar-refractivity contribution in [3.63, 3.8) is 0 Å². The molecule has 4 aromatic rings. The fourth-order valence-electron chi connectivity index (χ4n) is 4.36. The summed E-state index contributed by atoms with van der Waals surface area (Å²) in [7, 11) is -3.04. The van der Waals surface area contributed by atoms with Gasteiger partial charge in [-0.05, 0) is 43.0 Å². The van der Waals surface area contributed by atoms with Crippen molar-refractivity contribution in [1.82, 2.24) is 19.7 Å². The number of nitrogens with one attached hydrogen (secondary N) is 1. The number of benzene rings is 1. The number of ether oxygens (including phenoxy) is 2. The molecule has 0 aliphatic carbocycles. The van der Waals surface area contributed by atoms with Gasteiger partial charge < -0.3 is 14.5 Å². The molecule has 0 bridgehead atoms. The van der Waals surface area contributed by atoms with E-state index < -0.39 is 10.4 Å². The van der Waals surface area contributed by atoms with E-state index in [1.165, 1.54) is 0 Å². The predicted octanol–water partition coefficient (Wildman–Crippen LogP) is 2.87. The quantitative estimate of drug-likeness (QED) is 0.369. The number of hydrogen-bond acceptors (Lipinski definition) is 7. The minimum absolute atomic E-state index is 0.129. The van der Waals surface area contributed by atoms with E-state index in [1.54, 1.807) is 13.3 Å². The van der Waals surface area contributed by atoms with Crippen molar-refractivity contribution in [3.8, 4) is 17.0 Å². The maximum absolute atomic E-state index is 12.7. The average molecular weight is 489 g/mol. The highest BCUT2D eigenvalue weighted by molar-refractivity contribution is 7.79. The van der Waals surface area contributed by atoms with Crippen molar-refractivity contribution in [2.24, 2.45) is 0 Å². The third-order valence-corrected chi connectivity index (χ3v) is 5.76. The molecule has 34 heavy (non-hydrogen) atoms. The highest BCUT2D eigenvalue weighted by Gasteiger charge is 2.22. The number of fused-ring (bicyclic) bond motifs is 3. The molecule has 0 saturated carbocycles. The molecule has 12 heteroatoms. The van der Waals surface area contributed by atoms with Gasteiger partial charge in [-0.1, -0.05) is 12.1 Å². The third-order valence-electron chi connectivity index (χ3n) is 5.76. The average Bonchev–Trinajstić information content (AvgIpc) is 3.43. The van der Waals surface area contributed by atoms with Crippen molar-refractivity contribution >= 4 is 32.2 Å². The summed E-state index contributed by atoms with van der Waals surface area (Å²) in [5.74, 6) is 0.606. The molecule has 11 nitrogen and oxygen atoms in total. The van der Waals surface area contributed by atoms with Gasteiger partial charge in [-0.3, -0.25) is 18.6 Å². The van der Waals surface area contributed by atoms with Gasteiger partial charge in [0.15, 0.2) is 0 Å². The van der Waals surface area contributed by atoms with E-state index in [9.17, 15) is 4.79 Å². The lowest BCUT2D eigenvalue weighted by atomic mass is 9.96. The molecule has 1 aliphatic rings. The van der Waals surface area contributed by atoms with Gasteiger partial charge >= 0.3 is 10.4 Å². The van der Waals surface area contributed by atoms with Gasteiger partial charge in [0, 0.05) is 23.8 Å². The van der Waals surface area contributed by atoms with Gasteiger partial charge in [-0.2, -0.15) is 13.5 Å². The van der Waals surface area contributed by atoms with Crippen LogP contribution in [0.1, 0.15) is 23.6 Å². The Morgan fingerprint density at radius 1 is 1.21 bits per heavy atom. The number of nitrogens with zero attached hydrogens (tertiary/aromatic N) is 3. The summed E-state index contributed by atoms with van der Waals surface area (Å²) in [6.07, 6.45) is 4.37. The van der Waals surface area contributed by atoms with E-state index >= 15 is 0 Å². The smallest absolute Gasteiger partial charge is 0.394 e. The third kappa shape index (κ3) is 4.66. The number of aryl methyl sites for hydroxylation is 1. The van der Waals surface area contributed by atoms with Crippen LogP contribution in [0.2, 0.25) is 0 Å². The van der Waals surface area contributed by atoms with Crippen LogP contribution < -0.4 is 10.3 Å². The number of hydrogen-bond donors (Lipinski definition) is 3. The molecule has 3 N–H and O–H groups in total. The number of methoxy groups -OCH3 is 1. The molecule has 1 fully saturated rings. The minimum atomic E-state index is -4.67. The van der Waals surface area contributed by atoms with E-state index in [2.05, 4.69) is 27.2 Å². The summed E-state index contributed by atoms with van der Waals surface area (Å²) in [5.41, 5.74) is 5.64. The first kappa shape index (κ1) is 23.8. The Kier molecular flexibility index (Phi) is 6.41. The van der Waals surface area contributed by atoms with Crippen LogP contribution in [0.3, 0.4) is 0 Å². The summed E-state index contributed by atoms with van der Waals surface area (Å²) >= 11 is 0. The molecule has 1 atom stereocenters. The largest absolute Gasteiger partial charge is 0.481 e. The topological polar surface area (TPSA) is 157 Å². The van der Waals surface area contributed by atoms with Crippen LogP contribution in [0.5, 0.6) is 5.88 Å². The molecule has 3 aromatic heterocycles. The van der Waals surface area contributed by atoms with Gasteiger partial charge in [0.2, 0.25) is 5.88 Å². The van der Waals surface area contributed by atoms with Crippen molar-refractivity contribution < 1.29 is 27.0 Å². The lowest BCUT2D eigenvalue weighted by Crippen LogP contribution is -2.12. The lowest BCUT2D eigenvalue weighted by molar-refractivity contribution is 0.185. The van der Waals surface area contributed by atoms with Gasteiger partial charge in [0.05, 0.1) is 42.4 Å². The molecular weight excluding hydrogens is 464 g/mol. The SMILES string of the molecule is COc1ncc(C)c(-c2ccc3c(c2)[nH]c(=O)c2cnn([C@H]4CCOC4)c23)c1C.O=S(=O)(O)O. The summed E-state index contributed by atoms with van der Waals surface area (Å²) in [6, 6.07) is 6.32. The van der Waals surface area contributed by atoms with E-state index in [-0.39, 0.29) is 11.6 Å². The molecule has 1 aromatic carbocycles. The Balaban J connectivity index is 0.000000499. The maximum Gasteiger partial charge on any atom is 0.394 e. The summed E-state index contributed by atoms with van der Waals surface area (Å²) in [4.78, 5) is 20.1. The first-order valence-corrected chi connectivity index (χ1v) is 11.8. The number of H-pyrrole nitrogens is 1. The number of aromatic amines is 1. The first-order valence-electron chi connectivity index (χ1n) is 10.4. The molecule has 0 unspecified atom stereocenters. The van der Waals surface area contributed by atoms with Crippen LogP contribution in [-0.2, 0) is 15.1 Å². The second-order valence-electron chi connectivity index (χ2n) is 7.98. The zero-order valence-electron chi connectivity index (χ0n) is 18.8. The molecular formula is C22H24N4O7S. The van der Waals surface area contributed by atoms with Crippen molar-refractivity contribution in [1.29, 1.82) is 0 Å². The minimum Gasteiger partial charge on any atom is -0.481 e. The fourth-order valence-corrected chi connectivity index (χ4v) is 4.36. The van der Waals surface area contributed by atoms with E-state index in [0.717, 1.165) is 51.7 Å². The molecule has 4 heterocycles. The Morgan fingerprint density at radius 2 is 1.94 bits per heavy atom. The first-order chi connectivity index (χ1) is 16.1. The maximum atomic E-state index is 12.7. The van der Waals surface area contributed by atoms with Crippen LogP contribution in [0, 0.1) is 13.8 Å². The monoisotopic (exact) mass is 488 g/mol. The molecule has 0 spiro atoms. The second kappa shape index (κ2) is 9.14. The zero-order valence-corrected chi connectivity index (χ0v) is 19.6. The molecule has 1 saturated heterocycles. The zero-order chi connectivity index (χ0) is 24.6. The summed E-state index contributed by atoms with van der Waals surface area (Å²) in [5, 5.41) is 6.09. The number of rotatable bonds is 3. The molecule has 1 aliphatic heterocycles. The van der Waals surface area contributed by atoms with Crippen LogP contribution in [0.15, 0.2) is 35.4 Å².